The van der Waals surface area contributed by atoms with Gasteiger partial charge in [0.15, 0.2) is 23.1 Å². The van der Waals surface area contributed by atoms with Crippen molar-refractivity contribution < 1.29 is 37.2 Å². The van der Waals surface area contributed by atoms with Crippen molar-refractivity contribution in [3.63, 3.8) is 0 Å². The summed E-state index contributed by atoms with van der Waals surface area (Å²) in [6.45, 7) is 3.48. The van der Waals surface area contributed by atoms with E-state index in [1.165, 1.54) is 11.1 Å². The number of aryl methyl sites for hydroxylation is 3. The molecule has 0 fully saturated rings. The molecule has 7 N–H and O–H groups in total. The molecule has 0 saturated carbocycles. The predicted octanol–water partition coefficient (Wildman–Crippen LogP) is 5.24. The Hall–Kier alpha value is -5.71. The molecule has 5 aromatic rings. The van der Waals surface area contributed by atoms with Crippen LogP contribution in [0.4, 0.5) is 35.2 Å². The number of alkyl halides is 3. The molecule has 0 unspecified atom stereocenters. The second kappa shape index (κ2) is 14.4. The summed E-state index contributed by atoms with van der Waals surface area (Å²) >= 11 is 0. The molecule has 0 saturated heterocycles. The van der Waals surface area contributed by atoms with E-state index < -0.39 is 12.1 Å². The third-order valence-corrected chi connectivity index (χ3v) is 7.38. The molecule has 2 aromatic carbocycles. The van der Waals surface area contributed by atoms with Gasteiger partial charge in [0.2, 0.25) is 0 Å². The highest BCUT2D eigenvalue weighted by Gasteiger charge is 2.38. The largest absolute Gasteiger partial charge is 0.490 e. The normalized spacial score (nSPS) is 12.3. The van der Waals surface area contributed by atoms with Crippen molar-refractivity contribution in [3.05, 3.63) is 59.8 Å². The van der Waals surface area contributed by atoms with E-state index in [1.807, 2.05) is 41.8 Å². The predicted molar refractivity (Wildman–Crippen MR) is 170 cm³/mol. The Labute approximate surface area is 271 Å². The highest BCUT2D eigenvalue weighted by molar-refractivity contribution is 6.01. The number of fused-ring (bicyclic) bond motifs is 2. The van der Waals surface area contributed by atoms with Crippen molar-refractivity contribution in [1.29, 1.82) is 0 Å². The molecule has 0 spiro atoms. The van der Waals surface area contributed by atoms with Crippen molar-refractivity contribution in [2.24, 2.45) is 5.73 Å². The van der Waals surface area contributed by atoms with Gasteiger partial charge in [-0.05, 0) is 84.9 Å². The maximum Gasteiger partial charge on any atom is 0.490 e. The average molecular weight is 668 g/mol. The Morgan fingerprint density at radius 3 is 2.46 bits per heavy atom. The number of imidazole rings is 1. The van der Waals surface area contributed by atoms with E-state index in [1.54, 1.807) is 6.20 Å². The smallest absolute Gasteiger partial charge is 0.490 e. The van der Waals surface area contributed by atoms with Gasteiger partial charge in [0.25, 0.3) is 0 Å². The molecule has 14 nitrogen and oxygen atoms in total. The second-order valence-corrected chi connectivity index (χ2v) is 10.6. The Morgan fingerprint density at radius 2 is 1.79 bits per heavy atom. The number of nitrogen functional groups attached to an aromatic ring is 1. The number of anilines is 3. The van der Waals surface area contributed by atoms with Crippen LogP contribution in [0.2, 0.25) is 0 Å². The summed E-state index contributed by atoms with van der Waals surface area (Å²) in [6, 6.07) is 13.2. The summed E-state index contributed by atoms with van der Waals surface area (Å²) < 4.78 is 44.6. The summed E-state index contributed by atoms with van der Waals surface area (Å²) in [7, 11) is 0. The van der Waals surface area contributed by atoms with Crippen LogP contribution in [-0.4, -0.2) is 61.3 Å². The van der Waals surface area contributed by atoms with Gasteiger partial charge in [-0.25, -0.2) is 24.2 Å². The van der Waals surface area contributed by atoms with Crippen LogP contribution < -0.4 is 26.8 Å². The second-order valence-electron chi connectivity index (χ2n) is 10.6. The van der Waals surface area contributed by atoms with Gasteiger partial charge in [-0.2, -0.15) is 13.2 Å². The number of carbonyl (C=O) groups is 2. The third-order valence-electron chi connectivity index (χ3n) is 7.38. The van der Waals surface area contributed by atoms with E-state index >= 15 is 0 Å². The molecule has 252 valence electrons. The number of pyridine rings is 1. The maximum atomic E-state index is 12.8. The van der Waals surface area contributed by atoms with Gasteiger partial charge in [-0.1, -0.05) is 18.2 Å². The first-order chi connectivity index (χ1) is 23.0. The van der Waals surface area contributed by atoms with E-state index in [9.17, 15) is 18.0 Å². The van der Waals surface area contributed by atoms with Crippen LogP contribution in [0.25, 0.3) is 33.8 Å². The number of nitrogens with two attached hydrogens (primary N) is 2. The third kappa shape index (κ3) is 7.46. The van der Waals surface area contributed by atoms with Crippen LogP contribution in [-0.2, 0) is 24.2 Å². The number of carboxylic acid groups (broad SMARTS) is 1. The van der Waals surface area contributed by atoms with Crippen molar-refractivity contribution >= 4 is 40.2 Å². The lowest BCUT2D eigenvalue weighted by molar-refractivity contribution is -0.192. The van der Waals surface area contributed by atoms with Crippen LogP contribution in [0.1, 0.15) is 30.9 Å². The zero-order chi connectivity index (χ0) is 34.4. The number of nitrogens with one attached hydrogen (secondary N) is 2. The number of amides is 2. The molecule has 3 aromatic heterocycles. The summed E-state index contributed by atoms with van der Waals surface area (Å²) in [5, 5.41) is 20.7. The van der Waals surface area contributed by atoms with E-state index in [0.29, 0.717) is 60.3 Å². The molecule has 0 radical (unpaired) electrons. The van der Waals surface area contributed by atoms with Crippen molar-refractivity contribution in [1.82, 2.24) is 24.8 Å². The number of hydrogen-bond acceptors (Lipinski definition) is 10. The first-order valence-corrected chi connectivity index (χ1v) is 14.9. The van der Waals surface area contributed by atoms with Crippen LogP contribution in [0.5, 0.6) is 5.75 Å². The molecule has 1 aliphatic carbocycles. The van der Waals surface area contributed by atoms with Gasteiger partial charge in [0.1, 0.15) is 11.0 Å². The molecule has 6 rings (SSSR count). The zero-order valence-electron chi connectivity index (χ0n) is 25.7. The number of carboxylic acids is 1. The summed E-state index contributed by atoms with van der Waals surface area (Å²) in [6.07, 6.45) is 0.578. The van der Waals surface area contributed by atoms with E-state index in [4.69, 9.17) is 40.7 Å². The van der Waals surface area contributed by atoms with Crippen LogP contribution in [0, 0.1) is 0 Å². The van der Waals surface area contributed by atoms with E-state index in [2.05, 4.69) is 33.1 Å². The molecule has 3 heterocycles. The minimum Gasteiger partial charge on any atom is -0.490 e. The van der Waals surface area contributed by atoms with Gasteiger partial charge in [-0.15, -0.1) is 0 Å². The van der Waals surface area contributed by atoms with Crippen molar-refractivity contribution in [2.45, 2.75) is 45.3 Å². The van der Waals surface area contributed by atoms with Gasteiger partial charge in [0.05, 0.1) is 18.5 Å². The highest BCUT2D eigenvalue weighted by atomic mass is 19.4. The monoisotopic (exact) mass is 667 g/mol. The van der Waals surface area contributed by atoms with Gasteiger partial charge >= 0.3 is 18.2 Å². The zero-order valence-corrected chi connectivity index (χ0v) is 25.7. The number of urea groups is 1. The summed E-state index contributed by atoms with van der Waals surface area (Å²) in [5.74, 6) is -1.57. The fourth-order valence-corrected chi connectivity index (χ4v) is 5.22. The fourth-order valence-electron chi connectivity index (χ4n) is 5.22. The standard InChI is InChI=1S/C29H31N9O3.C2HF3O2/c1-2-38-26-22(40-13-5-12-30)16-32-23(24(26)35-28(38)25-27(31)37-41-36-25)19-8-4-9-20(15-19)33-29(39)34-21-11-10-17-6-3-7-18(17)14-21;3-2(4,5)1(6)7/h4,8-11,14-16H,2-3,5-7,12-13,30H2,1H3,(H2,31,37)(H2,33,34,39);(H,6,7). The van der Waals surface area contributed by atoms with Gasteiger partial charge < -0.3 is 36.5 Å². The Bertz CT molecular complexity index is 1940. The SMILES string of the molecule is CCn1c(-c2nonc2N)nc2c(-c3cccc(NC(=O)Nc4ccc5c(c4)CCC5)c3)ncc(OCCCN)c21.O=C(O)C(F)(F)F. The van der Waals surface area contributed by atoms with Gasteiger partial charge in [0, 0.05) is 23.5 Å². The lowest BCUT2D eigenvalue weighted by Gasteiger charge is -2.12. The number of nitrogens with zero attached hydrogens (tertiary/aromatic N) is 5. The molecular weight excluding hydrogens is 635 g/mol. The number of hydrogen-bond donors (Lipinski definition) is 5. The van der Waals surface area contributed by atoms with Crippen LogP contribution in [0.3, 0.4) is 0 Å². The quantitative estimate of drug-likeness (QED) is 0.128. The Morgan fingerprint density at radius 1 is 1.06 bits per heavy atom. The number of halogens is 3. The Kier molecular flexibility index (Phi) is 10.1. The summed E-state index contributed by atoms with van der Waals surface area (Å²) in [4.78, 5) is 31.3. The number of benzene rings is 2. The lowest BCUT2D eigenvalue weighted by Crippen LogP contribution is -2.21. The van der Waals surface area contributed by atoms with Crippen LogP contribution >= 0.6 is 0 Å². The van der Waals surface area contributed by atoms with E-state index in [0.717, 1.165) is 36.0 Å². The Balaban J connectivity index is 0.000000582. The van der Waals surface area contributed by atoms with Crippen molar-refractivity contribution in [2.75, 3.05) is 29.5 Å². The number of rotatable bonds is 9. The molecule has 0 bridgehead atoms. The molecule has 48 heavy (non-hydrogen) atoms. The first-order valence-electron chi connectivity index (χ1n) is 14.9. The minimum absolute atomic E-state index is 0.135. The highest BCUT2D eigenvalue weighted by Crippen LogP contribution is 2.37. The fraction of sp³-hybridized carbons (Fsp3) is 0.290. The molecule has 2 amide bonds. The van der Waals surface area contributed by atoms with E-state index in [-0.39, 0.29) is 11.8 Å². The van der Waals surface area contributed by atoms with Crippen LogP contribution in [0.15, 0.2) is 53.3 Å². The number of ether oxygens (including phenoxy) is 1. The lowest BCUT2D eigenvalue weighted by atomic mass is 10.1. The first kappa shape index (κ1) is 33.6. The number of aromatic nitrogens is 5. The molecule has 17 heteroatoms. The summed E-state index contributed by atoms with van der Waals surface area (Å²) in [5.41, 5.74) is 18.8. The molecule has 0 atom stereocenters. The molecule has 1 aliphatic rings. The topological polar surface area (TPSA) is 209 Å². The van der Waals surface area contributed by atoms with Gasteiger partial charge in [-0.3, -0.25) is 0 Å². The molecule has 0 aliphatic heterocycles. The average Bonchev–Trinajstić information content (AvgIpc) is 3.79. The maximum absolute atomic E-state index is 12.8. The number of aliphatic carboxylic acids is 1. The molecular formula is C31H32F3N9O5. The minimum atomic E-state index is -5.08. The number of carbonyl (C=O) groups excluding carboxylic acids is 1. The van der Waals surface area contributed by atoms with Crippen molar-refractivity contribution in [3.8, 4) is 28.5 Å².